The van der Waals surface area contributed by atoms with Gasteiger partial charge in [-0.2, -0.15) is 0 Å². The summed E-state index contributed by atoms with van der Waals surface area (Å²) < 4.78 is 25.9. The van der Waals surface area contributed by atoms with E-state index in [2.05, 4.69) is 0 Å². The topological polar surface area (TPSA) is 57.6 Å². The molecule has 1 aliphatic heterocycles. The summed E-state index contributed by atoms with van der Waals surface area (Å²) in [4.78, 5) is 22.2. The van der Waals surface area contributed by atoms with Gasteiger partial charge >= 0.3 is 11.9 Å². The zero-order valence-electron chi connectivity index (χ0n) is 7.67. The van der Waals surface area contributed by atoms with Gasteiger partial charge in [0, 0.05) is 25.4 Å². The van der Waals surface area contributed by atoms with Crippen molar-refractivity contribution in [1.29, 1.82) is 0 Å². The first-order chi connectivity index (χ1) is 6.34. The van der Waals surface area contributed by atoms with Crippen LogP contribution in [0.5, 0.6) is 0 Å². The Bertz CT molecular complexity index is 267. The van der Waals surface area contributed by atoms with Crippen LogP contribution in [0.1, 0.15) is 13.3 Å². The van der Waals surface area contributed by atoms with Gasteiger partial charge in [-0.3, -0.25) is 4.79 Å². The molecule has 4 nitrogen and oxygen atoms in total. The highest BCUT2D eigenvalue weighted by molar-refractivity contribution is 6.31. The maximum Gasteiger partial charge on any atom is 0.394 e. The minimum Gasteiger partial charge on any atom is -0.474 e. The second kappa shape index (κ2) is 3.51. The monoisotopic (exact) mass is 207 g/mol. The third-order valence-electron chi connectivity index (χ3n) is 2.40. The fourth-order valence-electron chi connectivity index (χ4n) is 1.41. The smallest absolute Gasteiger partial charge is 0.394 e. The Labute approximate surface area is 79.5 Å². The maximum absolute atomic E-state index is 13.0. The average Bonchev–Trinajstić information content (AvgIpc) is 2.08. The van der Waals surface area contributed by atoms with Crippen LogP contribution >= 0.6 is 0 Å². The van der Waals surface area contributed by atoms with Gasteiger partial charge in [0.15, 0.2) is 0 Å². The standard InChI is InChI=1S/C8H11F2NO3/c1-5-4-11(6(12)7(13)14)3-2-8(5,9)10/h5H,2-4H2,1H3,(H,13,14). The minimum absolute atomic E-state index is 0.192. The molecule has 6 heteroatoms. The van der Waals surface area contributed by atoms with Crippen LogP contribution < -0.4 is 0 Å². The van der Waals surface area contributed by atoms with Crippen LogP contribution in [0.15, 0.2) is 0 Å². The van der Waals surface area contributed by atoms with Crippen molar-refractivity contribution in [3.63, 3.8) is 0 Å². The molecule has 1 rings (SSSR count). The highest BCUT2D eigenvalue weighted by Crippen LogP contribution is 2.32. The van der Waals surface area contributed by atoms with Gasteiger partial charge in [-0.15, -0.1) is 0 Å². The SMILES string of the molecule is CC1CN(C(=O)C(=O)O)CCC1(F)F. The Kier molecular flexibility index (Phi) is 2.73. The molecule has 0 aromatic rings. The van der Waals surface area contributed by atoms with Crippen molar-refractivity contribution in [2.24, 2.45) is 5.92 Å². The quantitative estimate of drug-likeness (QED) is 0.591. The molecule has 0 aliphatic carbocycles. The second-order valence-electron chi connectivity index (χ2n) is 3.47. The molecule has 1 aliphatic rings. The number of carbonyl (C=O) groups excluding carboxylic acids is 1. The zero-order chi connectivity index (χ0) is 10.9. The predicted octanol–water partition coefficient (Wildman–Crippen LogP) is 0.575. The van der Waals surface area contributed by atoms with E-state index in [0.717, 1.165) is 4.90 Å². The third kappa shape index (κ3) is 2.00. The van der Waals surface area contributed by atoms with Crippen LogP contribution in [0.2, 0.25) is 0 Å². The summed E-state index contributed by atoms with van der Waals surface area (Å²) in [5.41, 5.74) is 0. The lowest BCUT2D eigenvalue weighted by Gasteiger charge is -2.35. The van der Waals surface area contributed by atoms with Crippen molar-refractivity contribution in [1.82, 2.24) is 4.90 Å². The van der Waals surface area contributed by atoms with Crippen molar-refractivity contribution in [3.05, 3.63) is 0 Å². The zero-order valence-corrected chi connectivity index (χ0v) is 7.67. The number of likely N-dealkylation sites (tertiary alicyclic amines) is 1. The van der Waals surface area contributed by atoms with Crippen LogP contribution in [0.4, 0.5) is 8.78 Å². The van der Waals surface area contributed by atoms with Gasteiger partial charge in [-0.1, -0.05) is 6.92 Å². The number of hydrogen-bond donors (Lipinski definition) is 1. The number of alkyl halides is 2. The van der Waals surface area contributed by atoms with Crippen LogP contribution in [-0.4, -0.2) is 40.9 Å². The lowest BCUT2D eigenvalue weighted by molar-refractivity contribution is -0.162. The van der Waals surface area contributed by atoms with E-state index in [1.54, 1.807) is 0 Å². The van der Waals surface area contributed by atoms with Crippen LogP contribution in [0.25, 0.3) is 0 Å². The van der Waals surface area contributed by atoms with Crippen LogP contribution in [-0.2, 0) is 9.59 Å². The summed E-state index contributed by atoms with van der Waals surface area (Å²) >= 11 is 0. The number of aliphatic carboxylic acids is 1. The summed E-state index contributed by atoms with van der Waals surface area (Å²) in [7, 11) is 0. The molecule has 0 aromatic carbocycles. The molecule has 0 aromatic heterocycles. The number of halogens is 2. The molecule has 0 bridgehead atoms. The van der Waals surface area contributed by atoms with E-state index >= 15 is 0 Å². The Morgan fingerprint density at radius 1 is 1.50 bits per heavy atom. The number of hydrogen-bond acceptors (Lipinski definition) is 2. The Morgan fingerprint density at radius 3 is 2.50 bits per heavy atom. The maximum atomic E-state index is 13.0. The van der Waals surface area contributed by atoms with E-state index in [1.807, 2.05) is 0 Å². The molecule has 1 N–H and O–H groups in total. The summed E-state index contributed by atoms with van der Waals surface area (Å²) in [5, 5.41) is 8.37. The van der Waals surface area contributed by atoms with Gasteiger partial charge in [0.1, 0.15) is 0 Å². The van der Waals surface area contributed by atoms with E-state index in [4.69, 9.17) is 5.11 Å². The molecule has 1 saturated heterocycles. The first-order valence-corrected chi connectivity index (χ1v) is 4.24. The Morgan fingerprint density at radius 2 is 2.07 bits per heavy atom. The molecular weight excluding hydrogens is 196 g/mol. The molecule has 0 saturated carbocycles. The number of carboxylic acids is 1. The van der Waals surface area contributed by atoms with E-state index in [0.29, 0.717) is 0 Å². The van der Waals surface area contributed by atoms with Crippen molar-refractivity contribution in [2.45, 2.75) is 19.3 Å². The molecular formula is C8H11F2NO3. The molecule has 0 radical (unpaired) electrons. The van der Waals surface area contributed by atoms with Crippen molar-refractivity contribution in [2.75, 3.05) is 13.1 Å². The van der Waals surface area contributed by atoms with Gasteiger partial charge < -0.3 is 10.0 Å². The lowest BCUT2D eigenvalue weighted by Crippen LogP contribution is -2.50. The minimum atomic E-state index is -2.80. The number of amides is 1. The number of carboxylic acid groups (broad SMARTS) is 1. The highest BCUT2D eigenvalue weighted by atomic mass is 19.3. The molecule has 80 valence electrons. The molecule has 14 heavy (non-hydrogen) atoms. The second-order valence-corrected chi connectivity index (χ2v) is 3.47. The fourth-order valence-corrected chi connectivity index (χ4v) is 1.41. The van der Waals surface area contributed by atoms with E-state index in [9.17, 15) is 18.4 Å². The number of piperidine rings is 1. The number of rotatable bonds is 0. The summed E-state index contributed by atoms with van der Waals surface area (Å²) in [6, 6.07) is 0. The van der Waals surface area contributed by atoms with Crippen molar-refractivity contribution < 1.29 is 23.5 Å². The first-order valence-electron chi connectivity index (χ1n) is 4.24. The van der Waals surface area contributed by atoms with E-state index < -0.39 is 30.1 Å². The van der Waals surface area contributed by atoms with Crippen LogP contribution in [0.3, 0.4) is 0 Å². The lowest BCUT2D eigenvalue weighted by atomic mass is 9.95. The average molecular weight is 207 g/mol. The molecule has 1 heterocycles. The van der Waals surface area contributed by atoms with E-state index in [1.165, 1.54) is 6.92 Å². The largest absolute Gasteiger partial charge is 0.474 e. The van der Waals surface area contributed by atoms with Crippen molar-refractivity contribution in [3.8, 4) is 0 Å². The van der Waals surface area contributed by atoms with Gasteiger partial charge in [0.25, 0.3) is 5.92 Å². The fraction of sp³-hybridized carbons (Fsp3) is 0.750. The highest BCUT2D eigenvalue weighted by Gasteiger charge is 2.43. The normalized spacial score (nSPS) is 25.9. The summed E-state index contributed by atoms with van der Waals surface area (Å²) in [6.45, 7) is 0.919. The van der Waals surface area contributed by atoms with Crippen LogP contribution in [0, 0.1) is 5.92 Å². The van der Waals surface area contributed by atoms with Gasteiger partial charge in [0.2, 0.25) is 0 Å². The molecule has 1 atom stereocenters. The number of nitrogens with zero attached hydrogens (tertiary/aromatic N) is 1. The van der Waals surface area contributed by atoms with Gasteiger partial charge in [-0.05, 0) is 0 Å². The first kappa shape index (κ1) is 10.9. The number of carbonyl (C=O) groups is 2. The summed E-state index contributed by atoms with van der Waals surface area (Å²) in [6.07, 6.45) is -0.465. The third-order valence-corrected chi connectivity index (χ3v) is 2.40. The molecule has 1 unspecified atom stereocenters. The van der Waals surface area contributed by atoms with Gasteiger partial charge in [-0.25, -0.2) is 13.6 Å². The predicted molar refractivity (Wildman–Crippen MR) is 42.9 cm³/mol. The molecule has 1 amide bonds. The summed E-state index contributed by atoms with van der Waals surface area (Å²) in [5.74, 6) is -6.48. The Balaban J connectivity index is 2.64. The van der Waals surface area contributed by atoms with Gasteiger partial charge in [0.05, 0.1) is 0 Å². The van der Waals surface area contributed by atoms with E-state index in [-0.39, 0.29) is 13.1 Å². The molecule has 1 fully saturated rings. The Hall–Kier alpha value is -1.20. The molecule has 0 spiro atoms. The van der Waals surface area contributed by atoms with Crippen molar-refractivity contribution >= 4 is 11.9 Å².